The fourth-order valence-corrected chi connectivity index (χ4v) is 3.18. The van der Waals surface area contributed by atoms with Crippen LogP contribution >= 0.6 is 22.7 Å². The zero-order chi connectivity index (χ0) is 13.7. The third kappa shape index (κ3) is 4.12. The molecule has 2 heterocycles. The van der Waals surface area contributed by atoms with Gasteiger partial charge in [-0.2, -0.15) is 11.3 Å². The average Bonchev–Trinajstić information content (AvgIpc) is 2.98. The molecule has 0 N–H and O–H groups in total. The third-order valence-corrected chi connectivity index (χ3v) is 4.08. The van der Waals surface area contributed by atoms with Crippen molar-refractivity contribution in [2.75, 3.05) is 20.2 Å². The van der Waals surface area contributed by atoms with E-state index in [1.165, 1.54) is 0 Å². The molecule has 2 rings (SSSR count). The number of carbonyl (C=O) groups excluding carboxylic acids is 1. The quantitative estimate of drug-likeness (QED) is 0.769. The molecular weight excluding hydrogens is 280 g/mol. The number of ether oxygens (including phenoxy) is 1. The molecule has 0 spiro atoms. The zero-order valence-electron chi connectivity index (χ0n) is 11.0. The Hall–Kier alpha value is -1.24. The van der Waals surface area contributed by atoms with Crippen molar-refractivity contribution in [1.82, 2.24) is 9.88 Å². The molecule has 0 radical (unpaired) electrons. The first-order valence-corrected chi connectivity index (χ1v) is 7.82. The van der Waals surface area contributed by atoms with Gasteiger partial charge in [0.1, 0.15) is 5.01 Å². The van der Waals surface area contributed by atoms with Gasteiger partial charge >= 0.3 is 5.97 Å². The summed E-state index contributed by atoms with van der Waals surface area (Å²) in [6.07, 6.45) is 0. The summed E-state index contributed by atoms with van der Waals surface area (Å²) in [5.41, 5.74) is 2.15. The van der Waals surface area contributed by atoms with Crippen molar-refractivity contribution in [2.24, 2.45) is 0 Å². The van der Waals surface area contributed by atoms with Gasteiger partial charge in [0.25, 0.3) is 0 Å². The van der Waals surface area contributed by atoms with E-state index in [9.17, 15) is 4.79 Å². The van der Waals surface area contributed by atoms with Crippen LogP contribution in [0.2, 0.25) is 0 Å². The molecule has 0 saturated carbocycles. The standard InChI is InChI=1S/C13H16N2O2S2/c1-3-17-12(16)7-15(2)6-11-9-19-13(14-11)10-4-5-18-8-10/h4-5,8-9H,3,6-7H2,1-2H3. The van der Waals surface area contributed by atoms with Gasteiger partial charge in [-0.15, -0.1) is 11.3 Å². The van der Waals surface area contributed by atoms with Crippen LogP contribution in [0.15, 0.2) is 22.2 Å². The maximum atomic E-state index is 11.4. The molecule has 2 aromatic heterocycles. The van der Waals surface area contributed by atoms with Crippen LogP contribution in [0.3, 0.4) is 0 Å². The minimum atomic E-state index is -0.196. The molecule has 4 nitrogen and oxygen atoms in total. The van der Waals surface area contributed by atoms with Crippen LogP contribution in [0.1, 0.15) is 12.6 Å². The fraction of sp³-hybridized carbons (Fsp3) is 0.385. The van der Waals surface area contributed by atoms with Gasteiger partial charge in [-0.1, -0.05) is 0 Å². The highest BCUT2D eigenvalue weighted by Crippen LogP contribution is 2.25. The summed E-state index contributed by atoms with van der Waals surface area (Å²) in [4.78, 5) is 17.8. The Bertz CT molecular complexity index is 522. The Balaban J connectivity index is 1.91. The lowest BCUT2D eigenvalue weighted by molar-refractivity contribution is -0.144. The van der Waals surface area contributed by atoms with Crippen LogP contribution in [-0.2, 0) is 16.1 Å². The van der Waals surface area contributed by atoms with Crippen molar-refractivity contribution < 1.29 is 9.53 Å². The van der Waals surface area contributed by atoms with Gasteiger partial charge in [-0.25, -0.2) is 4.98 Å². The van der Waals surface area contributed by atoms with Crippen LogP contribution < -0.4 is 0 Å². The van der Waals surface area contributed by atoms with Crippen molar-refractivity contribution in [3.05, 3.63) is 27.9 Å². The molecular formula is C13H16N2O2S2. The number of carbonyl (C=O) groups is 1. The van der Waals surface area contributed by atoms with Crippen LogP contribution in [0.4, 0.5) is 0 Å². The van der Waals surface area contributed by atoms with E-state index in [1.807, 2.05) is 29.6 Å². The van der Waals surface area contributed by atoms with Gasteiger partial charge in [-0.3, -0.25) is 9.69 Å². The first-order chi connectivity index (χ1) is 9.19. The largest absolute Gasteiger partial charge is 0.465 e. The van der Waals surface area contributed by atoms with Gasteiger partial charge in [0.2, 0.25) is 0 Å². The molecule has 0 aromatic carbocycles. The molecule has 0 aliphatic heterocycles. The number of likely N-dealkylation sites (N-methyl/N-ethyl adjacent to an activating group) is 1. The van der Waals surface area contributed by atoms with Crippen LogP contribution in [-0.4, -0.2) is 36.1 Å². The number of hydrogen-bond donors (Lipinski definition) is 0. The van der Waals surface area contributed by atoms with Crippen molar-refractivity contribution in [2.45, 2.75) is 13.5 Å². The highest BCUT2D eigenvalue weighted by Gasteiger charge is 2.10. The number of nitrogens with zero attached hydrogens (tertiary/aromatic N) is 2. The highest BCUT2D eigenvalue weighted by molar-refractivity contribution is 7.14. The molecule has 0 unspecified atom stereocenters. The number of hydrogen-bond acceptors (Lipinski definition) is 6. The number of esters is 1. The van der Waals surface area contributed by atoms with Crippen molar-refractivity contribution >= 4 is 28.6 Å². The third-order valence-electron chi connectivity index (χ3n) is 2.46. The average molecular weight is 296 g/mol. The zero-order valence-corrected chi connectivity index (χ0v) is 12.6. The lowest BCUT2D eigenvalue weighted by Gasteiger charge is -2.13. The minimum absolute atomic E-state index is 0.196. The van der Waals surface area contributed by atoms with Gasteiger partial charge in [-0.05, 0) is 25.4 Å². The van der Waals surface area contributed by atoms with E-state index >= 15 is 0 Å². The Labute approximate surface area is 120 Å². The van der Waals surface area contributed by atoms with Gasteiger partial charge in [0.15, 0.2) is 0 Å². The Morgan fingerprint density at radius 3 is 3.00 bits per heavy atom. The summed E-state index contributed by atoms with van der Waals surface area (Å²) in [5, 5.41) is 7.20. The smallest absolute Gasteiger partial charge is 0.320 e. The summed E-state index contributed by atoms with van der Waals surface area (Å²) in [6.45, 7) is 3.18. The lowest BCUT2D eigenvalue weighted by atomic mass is 10.3. The normalized spacial score (nSPS) is 10.9. The van der Waals surface area contributed by atoms with Crippen LogP contribution in [0.25, 0.3) is 10.6 Å². The lowest BCUT2D eigenvalue weighted by Crippen LogP contribution is -2.27. The molecule has 0 atom stereocenters. The van der Waals surface area contributed by atoms with Gasteiger partial charge < -0.3 is 4.74 Å². The monoisotopic (exact) mass is 296 g/mol. The van der Waals surface area contributed by atoms with E-state index in [4.69, 9.17) is 4.74 Å². The predicted octanol–water partition coefficient (Wildman–Crippen LogP) is 2.87. The molecule has 0 bridgehead atoms. The molecule has 0 saturated heterocycles. The Morgan fingerprint density at radius 1 is 1.47 bits per heavy atom. The summed E-state index contributed by atoms with van der Waals surface area (Å²) in [6, 6.07) is 2.07. The van der Waals surface area contributed by atoms with E-state index < -0.39 is 0 Å². The van der Waals surface area contributed by atoms with Gasteiger partial charge in [0, 0.05) is 22.9 Å². The predicted molar refractivity (Wildman–Crippen MR) is 78.4 cm³/mol. The number of rotatable bonds is 6. The molecule has 2 aromatic rings. The fourth-order valence-electron chi connectivity index (χ4n) is 1.66. The second kappa shape index (κ2) is 6.79. The Kier molecular flexibility index (Phi) is 5.07. The molecule has 6 heteroatoms. The summed E-state index contributed by atoms with van der Waals surface area (Å²) in [5.74, 6) is -0.196. The summed E-state index contributed by atoms with van der Waals surface area (Å²) >= 11 is 3.30. The van der Waals surface area contributed by atoms with Crippen molar-refractivity contribution in [3.8, 4) is 10.6 Å². The second-order valence-electron chi connectivity index (χ2n) is 4.13. The van der Waals surface area contributed by atoms with Crippen molar-refractivity contribution in [3.63, 3.8) is 0 Å². The number of thiophene rings is 1. The molecule has 0 aliphatic carbocycles. The summed E-state index contributed by atoms with van der Waals surface area (Å²) < 4.78 is 4.92. The SMILES string of the molecule is CCOC(=O)CN(C)Cc1csc(-c2ccsc2)n1. The molecule has 0 amide bonds. The van der Waals surface area contributed by atoms with Crippen LogP contribution in [0.5, 0.6) is 0 Å². The maximum Gasteiger partial charge on any atom is 0.320 e. The minimum Gasteiger partial charge on any atom is -0.465 e. The first kappa shape index (κ1) is 14.2. The van der Waals surface area contributed by atoms with Crippen molar-refractivity contribution in [1.29, 1.82) is 0 Å². The molecule has 19 heavy (non-hydrogen) atoms. The molecule has 0 fully saturated rings. The van der Waals surface area contributed by atoms with Gasteiger partial charge in [0.05, 0.1) is 18.8 Å². The van der Waals surface area contributed by atoms with Crippen LogP contribution in [0, 0.1) is 0 Å². The highest BCUT2D eigenvalue weighted by atomic mass is 32.1. The molecule has 102 valence electrons. The Morgan fingerprint density at radius 2 is 2.32 bits per heavy atom. The maximum absolute atomic E-state index is 11.4. The second-order valence-corrected chi connectivity index (χ2v) is 5.77. The molecule has 0 aliphatic rings. The van der Waals surface area contributed by atoms with E-state index in [2.05, 4.69) is 16.4 Å². The first-order valence-electron chi connectivity index (χ1n) is 6.00. The van der Waals surface area contributed by atoms with E-state index in [1.54, 1.807) is 22.7 Å². The topological polar surface area (TPSA) is 42.4 Å². The van der Waals surface area contributed by atoms with E-state index in [0.717, 1.165) is 16.3 Å². The summed E-state index contributed by atoms with van der Waals surface area (Å²) in [7, 11) is 1.89. The number of thiazole rings is 1. The number of aromatic nitrogens is 1. The van der Waals surface area contributed by atoms with E-state index in [0.29, 0.717) is 19.7 Å². The van der Waals surface area contributed by atoms with E-state index in [-0.39, 0.29) is 5.97 Å².